The van der Waals surface area contributed by atoms with Gasteiger partial charge in [-0.3, -0.25) is 9.69 Å². The Labute approximate surface area is 139 Å². The Morgan fingerprint density at radius 1 is 1.57 bits per heavy atom. The molecule has 1 aromatic rings. The second kappa shape index (κ2) is 7.58. The average Bonchev–Trinajstić information content (AvgIpc) is 2.44. The number of hydrogen-bond acceptors (Lipinski definition) is 3. The fourth-order valence-corrected chi connectivity index (χ4v) is 3.41. The molecule has 1 fully saturated rings. The summed E-state index contributed by atoms with van der Waals surface area (Å²) in [4.78, 5) is 14.3. The van der Waals surface area contributed by atoms with E-state index < -0.39 is 0 Å². The number of carbonyl (C=O) groups is 1. The number of likely N-dealkylation sites (tertiary alicyclic amines) is 1. The molecule has 1 heterocycles. The second-order valence-corrected chi connectivity index (χ2v) is 6.85. The highest BCUT2D eigenvalue weighted by atomic mass is 79.9. The van der Waals surface area contributed by atoms with E-state index in [-0.39, 0.29) is 11.9 Å². The summed E-state index contributed by atoms with van der Waals surface area (Å²) in [6, 6.07) is 5.68. The number of halogens is 2. The molecular formula is C15H21BrClN3O. The molecule has 1 saturated heterocycles. The van der Waals surface area contributed by atoms with Crippen LogP contribution in [0, 0.1) is 5.92 Å². The first-order valence-corrected chi connectivity index (χ1v) is 8.39. The van der Waals surface area contributed by atoms with Crippen molar-refractivity contribution >= 4 is 39.1 Å². The van der Waals surface area contributed by atoms with Crippen LogP contribution in [0.2, 0.25) is 5.02 Å². The summed E-state index contributed by atoms with van der Waals surface area (Å²) in [7, 11) is 0. The number of nitrogens with two attached hydrogens (primary N) is 1. The molecule has 1 aliphatic rings. The van der Waals surface area contributed by atoms with Gasteiger partial charge in [0.2, 0.25) is 5.91 Å². The van der Waals surface area contributed by atoms with Crippen LogP contribution < -0.4 is 11.1 Å². The highest BCUT2D eigenvalue weighted by molar-refractivity contribution is 9.10. The third kappa shape index (κ3) is 4.68. The van der Waals surface area contributed by atoms with Crippen molar-refractivity contribution in [2.75, 3.05) is 25.0 Å². The monoisotopic (exact) mass is 373 g/mol. The number of rotatable bonds is 4. The van der Waals surface area contributed by atoms with Crippen molar-refractivity contribution in [2.45, 2.75) is 25.8 Å². The highest BCUT2D eigenvalue weighted by Gasteiger charge is 2.26. The van der Waals surface area contributed by atoms with Gasteiger partial charge in [0, 0.05) is 23.6 Å². The van der Waals surface area contributed by atoms with Gasteiger partial charge in [0.25, 0.3) is 0 Å². The minimum absolute atomic E-state index is 0.0375. The molecular weight excluding hydrogens is 354 g/mol. The molecule has 1 aliphatic heterocycles. The number of hydrogen-bond donors (Lipinski definition) is 2. The van der Waals surface area contributed by atoms with E-state index in [1.54, 1.807) is 12.1 Å². The van der Waals surface area contributed by atoms with E-state index in [0.29, 0.717) is 23.2 Å². The van der Waals surface area contributed by atoms with Gasteiger partial charge >= 0.3 is 0 Å². The van der Waals surface area contributed by atoms with E-state index in [1.165, 1.54) is 0 Å². The van der Waals surface area contributed by atoms with Crippen molar-refractivity contribution < 1.29 is 4.79 Å². The number of anilines is 1. The van der Waals surface area contributed by atoms with E-state index in [2.05, 4.69) is 33.1 Å². The lowest BCUT2D eigenvalue weighted by Crippen LogP contribution is -2.48. The number of amides is 1. The lowest BCUT2D eigenvalue weighted by Gasteiger charge is -2.36. The predicted molar refractivity (Wildman–Crippen MR) is 90.6 cm³/mol. The van der Waals surface area contributed by atoms with Crippen LogP contribution in [0.25, 0.3) is 0 Å². The van der Waals surface area contributed by atoms with Gasteiger partial charge in [-0.25, -0.2) is 0 Å². The summed E-state index contributed by atoms with van der Waals surface area (Å²) in [5, 5.41) is 3.40. The maximum Gasteiger partial charge on any atom is 0.238 e. The van der Waals surface area contributed by atoms with Crippen LogP contribution in [-0.2, 0) is 4.79 Å². The van der Waals surface area contributed by atoms with Gasteiger partial charge < -0.3 is 11.1 Å². The van der Waals surface area contributed by atoms with Crippen molar-refractivity contribution in [3.05, 3.63) is 27.7 Å². The zero-order valence-corrected chi connectivity index (χ0v) is 14.5. The van der Waals surface area contributed by atoms with Gasteiger partial charge in [0.05, 0.1) is 17.3 Å². The third-order valence-electron chi connectivity index (χ3n) is 3.97. The molecule has 0 aromatic heterocycles. The SMILES string of the molecule is CCC1CN(CC(=O)Nc2ccc(Br)cc2Cl)CCC1N. The molecule has 2 rings (SSSR count). The summed E-state index contributed by atoms with van der Waals surface area (Å²) >= 11 is 9.45. The first-order chi connectivity index (χ1) is 9.99. The molecule has 4 nitrogen and oxygen atoms in total. The number of nitrogens with one attached hydrogen (secondary N) is 1. The second-order valence-electron chi connectivity index (χ2n) is 5.53. The van der Waals surface area contributed by atoms with Crippen LogP contribution in [0.5, 0.6) is 0 Å². The lowest BCUT2D eigenvalue weighted by molar-refractivity contribution is -0.117. The van der Waals surface area contributed by atoms with Gasteiger partial charge in [0.1, 0.15) is 0 Å². The summed E-state index contributed by atoms with van der Waals surface area (Å²) < 4.78 is 0.890. The number of nitrogens with zero attached hydrogens (tertiary/aromatic N) is 1. The largest absolute Gasteiger partial charge is 0.327 e. The lowest BCUT2D eigenvalue weighted by atomic mass is 9.91. The Kier molecular flexibility index (Phi) is 6.05. The van der Waals surface area contributed by atoms with Crippen molar-refractivity contribution in [1.29, 1.82) is 0 Å². The topological polar surface area (TPSA) is 58.4 Å². The maximum absolute atomic E-state index is 12.1. The zero-order chi connectivity index (χ0) is 15.4. The molecule has 0 bridgehead atoms. The molecule has 3 N–H and O–H groups in total. The molecule has 21 heavy (non-hydrogen) atoms. The molecule has 1 aromatic carbocycles. The normalized spacial score (nSPS) is 23.0. The van der Waals surface area contributed by atoms with Crippen LogP contribution in [-0.4, -0.2) is 36.5 Å². The van der Waals surface area contributed by atoms with Crippen LogP contribution in [0.4, 0.5) is 5.69 Å². The molecule has 0 spiro atoms. The average molecular weight is 375 g/mol. The van der Waals surface area contributed by atoms with Crippen molar-refractivity contribution in [3.63, 3.8) is 0 Å². The van der Waals surface area contributed by atoms with Crippen LogP contribution in [0.3, 0.4) is 0 Å². The zero-order valence-electron chi connectivity index (χ0n) is 12.1. The van der Waals surface area contributed by atoms with E-state index in [1.807, 2.05) is 6.07 Å². The fraction of sp³-hybridized carbons (Fsp3) is 0.533. The molecule has 6 heteroatoms. The van der Waals surface area contributed by atoms with Gasteiger partial charge in [-0.2, -0.15) is 0 Å². The standard InChI is InChI=1S/C15H21BrClN3O/c1-2-10-8-20(6-5-13(10)18)9-15(21)19-14-4-3-11(16)7-12(14)17/h3-4,7,10,13H,2,5-6,8-9,18H2,1H3,(H,19,21). The van der Waals surface area contributed by atoms with Gasteiger partial charge in [0.15, 0.2) is 0 Å². The van der Waals surface area contributed by atoms with Crippen molar-refractivity contribution in [1.82, 2.24) is 4.90 Å². The predicted octanol–water partition coefficient (Wildman–Crippen LogP) is 3.10. The third-order valence-corrected chi connectivity index (χ3v) is 4.78. The molecule has 116 valence electrons. The molecule has 0 aliphatic carbocycles. The smallest absolute Gasteiger partial charge is 0.238 e. The van der Waals surface area contributed by atoms with Crippen LogP contribution in [0.15, 0.2) is 22.7 Å². The van der Waals surface area contributed by atoms with Gasteiger partial charge in [-0.1, -0.05) is 40.9 Å². The Bertz CT molecular complexity index is 512. The van der Waals surface area contributed by atoms with Crippen molar-refractivity contribution in [2.24, 2.45) is 11.7 Å². The number of piperidine rings is 1. The first kappa shape index (κ1) is 16.7. The summed E-state index contributed by atoms with van der Waals surface area (Å²) in [6.45, 7) is 4.30. The first-order valence-electron chi connectivity index (χ1n) is 7.22. The van der Waals surface area contributed by atoms with Crippen LogP contribution in [0.1, 0.15) is 19.8 Å². The van der Waals surface area contributed by atoms with Crippen molar-refractivity contribution in [3.8, 4) is 0 Å². The Morgan fingerprint density at radius 2 is 2.33 bits per heavy atom. The number of carbonyl (C=O) groups excluding carboxylic acids is 1. The highest BCUT2D eigenvalue weighted by Crippen LogP contribution is 2.25. The van der Waals surface area contributed by atoms with Crippen LogP contribution >= 0.6 is 27.5 Å². The van der Waals surface area contributed by atoms with E-state index >= 15 is 0 Å². The Balaban J connectivity index is 1.90. The van der Waals surface area contributed by atoms with E-state index in [0.717, 1.165) is 30.4 Å². The molecule has 0 saturated carbocycles. The Hall–Kier alpha value is -0.620. The molecule has 1 amide bonds. The molecule has 2 atom stereocenters. The minimum Gasteiger partial charge on any atom is -0.327 e. The number of benzene rings is 1. The Morgan fingerprint density at radius 3 is 3.00 bits per heavy atom. The van der Waals surface area contributed by atoms with Gasteiger partial charge in [-0.15, -0.1) is 0 Å². The van der Waals surface area contributed by atoms with Gasteiger partial charge in [-0.05, 0) is 30.5 Å². The summed E-state index contributed by atoms with van der Waals surface area (Å²) in [6.07, 6.45) is 2.00. The quantitative estimate of drug-likeness (QED) is 0.851. The summed E-state index contributed by atoms with van der Waals surface area (Å²) in [5.74, 6) is 0.437. The van der Waals surface area contributed by atoms with E-state index in [9.17, 15) is 4.79 Å². The molecule has 0 radical (unpaired) electrons. The minimum atomic E-state index is -0.0375. The fourth-order valence-electron chi connectivity index (χ4n) is 2.68. The maximum atomic E-state index is 12.1. The van der Waals surface area contributed by atoms with E-state index in [4.69, 9.17) is 17.3 Å². The summed E-state index contributed by atoms with van der Waals surface area (Å²) in [5.41, 5.74) is 6.74. The molecule has 2 unspecified atom stereocenters.